The van der Waals surface area contributed by atoms with Crippen molar-refractivity contribution in [3.63, 3.8) is 0 Å². The largest absolute Gasteiger partial charge is 0.508 e. The molecule has 8 nitrogen and oxygen atoms in total. The number of carbonyl (C=O) groups excluding carboxylic acids is 3. The van der Waals surface area contributed by atoms with Crippen molar-refractivity contribution in [1.82, 2.24) is 10.6 Å². The summed E-state index contributed by atoms with van der Waals surface area (Å²) in [6, 6.07) is 12.5. The average molecular weight is 440 g/mol. The number of hydrogen-bond donors (Lipinski definition) is 3. The number of rotatable bonds is 7. The third-order valence-corrected chi connectivity index (χ3v) is 5.86. The number of ether oxygens (including phenoxy) is 1. The number of hydrogen-bond acceptors (Lipinski definition) is 6. The van der Waals surface area contributed by atoms with E-state index in [4.69, 9.17) is 4.74 Å². The summed E-state index contributed by atoms with van der Waals surface area (Å²) in [7, 11) is 3.81. The minimum absolute atomic E-state index is 0.0622. The lowest BCUT2D eigenvalue weighted by atomic mass is 9.92. The van der Waals surface area contributed by atoms with Gasteiger partial charge in [-0.15, -0.1) is 0 Å². The molecule has 3 rings (SSSR count). The second kappa shape index (κ2) is 9.40. The van der Waals surface area contributed by atoms with Gasteiger partial charge in [-0.1, -0.05) is 12.1 Å². The van der Waals surface area contributed by atoms with Crippen LogP contribution < -0.4 is 15.5 Å². The molecule has 0 aliphatic carbocycles. The zero-order valence-electron chi connectivity index (χ0n) is 18.7. The number of phenols is 1. The summed E-state index contributed by atoms with van der Waals surface area (Å²) in [6.07, 6.45) is -0.351. The molecule has 0 radical (unpaired) electrons. The molecule has 32 heavy (non-hydrogen) atoms. The maximum absolute atomic E-state index is 13.2. The first-order valence-corrected chi connectivity index (χ1v) is 10.4. The van der Waals surface area contributed by atoms with Gasteiger partial charge in [0, 0.05) is 31.8 Å². The molecule has 1 aliphatic heterocycles. The molecule has 2 amide bonds. The van der Waals surface area contributed by atoms with Gasteiger partial charge in [0.1, 0.15) is 23.9 Å². The quantitative estimate of drug-likeness (QED) is 0.606. The molecule has 0 aromatic heterocycles. The lowest BCUT2D eigenvalue weighted by Gasteiger charge is -2.30. The van der Waals surface area contributed by atoms with Crippen molar-refractivity contribution in [2.45, 2.75) is 38.0 Å². The van der Waals surface area contributed by atoms with Crippen molar-refractivity contribution in [2.75, 3.05) is 25.6 Å². The van der Waals surface area contributed by atoms with Crippen LogP contribution in [0.1, 0.15) is 29.8 Å². The molecule has 3 unspecified atom stereocenters. The van der Waals surface area contributed by atoms with Crippen LogP contribution >= 0.6 is 0 Å². The Kier molecular flexibility index (Phi) is 6.84. The van der Waals surface area contributed by atoms with Gasteiger partial charge < -0.3 is 25.4 Å². The molecule has 3 N–H and O–H groups in total. The third-order valence-electron chi connectivity index (χ3n) is 5.86. The molecule has 0 spiro atoms. The van der Waals surface area contributed by atoms with Gasteiger partial charge in [0.15, 0.2) is 5.78 Å². The fraction of sp³-hybridized carbons (Fsp3) is 0.375. The summed E-state index contributed by atoms with van der Waals surface area (Å²) >= 11 is 0. The Morgan fingerprint density at radius 1 is 1.22 bits per heavy atom. The van der Waals surface area contributed by atoms with Crippen LogP contribution in [0.2, 0.25) is 0 Å². The molecule has 1 aliphatic rings. The van der Waals surface area contributed by atoms with E-state index in [9.17, 15) is 19.5 Å². The van der Waals surface area contributed by atoms with Crippen LogP contribution in [0.3, 0.4) is 0 Å². The van der Waals surface area contributed by atoms with Crippen LogP contribution in [0.25, 0.3) is 0 Å². The highest BCUT2D eigenvalue weighted by molar-refractivity contribution is 6.00. The van der Waals surface area contributed by atoms with Crippen LogP contribution in [0.4, 0.5) is 5.69 Å². The summed E-state index contributed by atoms with van der Waals surface area (Å²) < 4.78 is 5.39. The lowest BCUT2D eigenvalue weighted by Crippen LogP contribution is -2.60. The van der Waals surface area contributed by atoms with Gasteiger partial charge in [-0.2, -0.15) is 0 Å². The zero-order valence-corrected chi connectivity index (χ0v) is 18.7. The summed E-state index contributed by atoms with van der Waals surface area (Å²) in [5, 5.41) is 15.3. The summed E-state index contributed by atoms with van der Waals surface area (Å²) in [5.74, 6) is -1.07. The smallest absolute Gasteiger partial charge is 0.251 e. The molecule has 1 heterocycles. The maximum atomic E-state index is 13.2. The fourth-order valence-corrected chi connectivity index (χ4v) is 3.54. The van der Waals surface area contributed by atoms with E-state index in [0.29, 0.717) is 11.1 Å². The van der Waals surface area contributed by atoms with Crippen LogP contribution in [-0.4, -0.2) is 61.1 Å². The van der Waals surface area contributed by atoms with Crippen molar-refractivity contribution < 1.29 is 24.2 Å². The number of amides is 2. The SMILES string of the molecule is CC1OCC(=O)C1(C)NC(=O)C(Cc1cccc(O)c1)NC(=O)c1ccc(N(C)C)cc1. The summed E-state index contributed by atoms with van der Waals surface area (Å²) in [5.41, 5.74) is 0.841. The molecule has 1 saturated heterocycles. The van der Waals surface area contributed by atoms with Crippen molar-refractivity contribution >= 4 is 23.3 Å². The molecular weight excluding hydrogens is 410 g/mol. The number of aromatic hydroxyl groups is 1. The Hall–Kier alpha value is -3.39. The van der Waals surface area contributed by atoms with E-state index >= 15 is 0 Å². The molecule has 8 heteroatoms. The predicted octanol–water partition coefficient (Wildman–Crippen LogP) is 1.66. The van der Waals surface area contributed by atoms with E-state index in [0.717, 1.165) is 5.69 Å². The summed E-state index contributed by atoms with van der Waals surface area (Å²) in [6.45, 7) is 3.28. The highest BCUT2D eigenvalue weighted by Crippen LogP contribution is 2.23. The van der Waals surface area contributed by atoms with E-state index in [1.165, 1.54) is 12.1 Å². The number of phenolic OH excluding ortho intramolecular Hbond substituents is 1. The summed E-state index contributed by atoms with van der Waals surface area (Å²) in [4.78, 5) is 40.3. The monoisotopic (exact) mass is 439 g/mol. The average Bonchev–Trinajstić information content (AvgIpc) is 3.00. The fourth-order valence-electron chi connectivity index (χ4n) is 3.54. The lowest BCUT2D eigenvalue weighted by molar-refractivity contribution is -0.130. The zero-order chi connectivity index (χ0) is 23.5. The van der Waals surface area contributed by atoms with Crippen molar-refractivity contribution in [2.24, 2.45) is 0 Å². The highest BCUT2D eigenvalue weighted by atomic mass is 16.5. The standard InChI is InChI=1S/C24H29N3O5/c1-15-24(2,21(29)14-32-15)26-23(31)20(13-16-6-5-7-19(28)12-16)25-22(30)17-8-10-18(11-9-17)27(3)4/h5-12,15,20,28H,13-14H2,1-4H3,(H,25,30)(H,26,31). The minimum atomic E-state index is -1.17. The Bertz CT molecular complexity index is 1000. The number of ketones is 1. The molecule has 2 aromatic rings. The third kappa shape index (κ3) is 5.08. The minimum Gasteiger partial charge on any atom is -0.508 e. The number of anilines is 1. The van der Waals surface area contributed by atoms with E-state index in [1.54, 1.807) is 38.1 Å². The molecule has 0 bridgehead atoms. The second-order valence-corrected chi connectivity index (χ2v) is 8.41. The van der Waals surface area contributed by atoms with Gasteiger partial charge in [-0.05, 0) is 55.8 Å². The predicted molar refractivity (Wildman–Crippen MR) is 121 cm³/mol. The maximum Gasteiger partial charge on any atom is 0.251 e. The van der Waals surface area contributed by atoms with Crippen LogP contribution in [0, 0.1) is 0 Å². The van der Waals surface area contributed by atoms with Crippen LogP contribution in [0.5, 0.6) is 5.75 Å². The molecule has 3 atom stereocenters. The van der Waals surface area contributed by atoms with Crippen molar-refractivity contribution in [3.8, 4) is 5.75 Å². The molecular formula is C24H29N3O5. The normalized spacial score (nSPS) is 21.1. The van der Waals surface area contributed by atoms with Crippen LogP contribution in [0.15, 0.2) is 48.5 Å². The van der Waals surface area contributed by atoms with Gasteiger partial charge in [-0.3, -0.25) is 14.4 Å². The van der Waals surface area contributed by atoms with E-state index in [1.807, 2.05) is 31.1 Å². The highest BCUT2D eigenvalue weighted by Gasteiger charge is 2.47. The number of Topliss-reactive ketones (excluding diaryl/α,β-unsaturated/α-hetero) is 1. The van der Waals surface area contributed by atoms with Gasteiger partial charge in [0.05, 0.1) is 6.10 Å². The Morgan fingerprint density at radius 2 is 1.91 bits per heavy atom. The Morgan fingerprint density at radius 3 is 2.47 bits per heavy atom. The number of nitrogens with one attached hydrogen (secondary N) is 2. The second-order valence-electron chi connectivity index (χ2n) is 8.41. The number of carbonyl (C=O) groups is 3. The van der Waals surface area contributed by atoms with E-state index in [2.05, 4.69) is 10.6 Å². The first kappa shape index (κ1) is 23.3. The first-order chi connectivity index (χ1) is 15.1. The van der Waals surface area contributed by atoms with Crippen LogP contribution in [-0.2, 0) is 20.7 Å². The number of benzene rings is 2. The topological polar surface area (TPSA) is 108 Å². The molecule has 2 aromatic carbocycles. The van der Waals surface area contributed by atoms with Crippen molar-refractivity contribution in [1.29, 1.82) is 0 Å². The van der Waals surface area contributed by atoms with Gasteiger partial charge in [0.25, 0.3) is 5.91 Å². The van der Waals surface area contributed by atoms with Gasteiger partial charge >= 0.3 is 0 Å². The molecule has 170 valence electrons. The van der Waals surface area contributed by atoms with E-state index in [-0.39, 0.29) is 24.6 Å². The van der Waals surface area contributed by atoms with E-state index < -0.39 is 29.5 Å². The van der Waals surface area contributed by atoms with Gasteiger partial charge in [0.2, 0.25) is 5.91 Å². The van der Waals surface area contributed by atoms with Gasteiger partial charge in [-0.25, -0.2) is 0 Å². The first-order valence-electron chi connectivity index (χ1n) is 10.4. The molecule has 0 saturated carbocycles. The Balaban J connectivity index is 1.82. The van der Waals surface area contributed by atoms with Crippen molar-refractivity contribution in [3.05, 3.63) is 59.7 Å². The number of nitrogens with zero attached hydrogens (tertiary/aromatic N) is 1. The molecule has 1 fully saturated rings. The Labute approximate surface area is 187 Å².